The van der Waals surface area contributed by atoms with Gasteiger partial charge in [-0.1, -0.05) is 54.1 Å². The molecule has 6 nitrogen and oxygen atoms in total. The molecule has 0 saturated carbocycles. The zero-order valence-electron chi connectivity index (χ0n) is 18.7. The molecule has 172 valence electrons. The lowest BCUT2D eigenvalue weighted by molar-refractivity contribution is 0.0952. The summed E-state index contributed by atoms with van der Waals surface area (Å²) in [6.45, 7) is 2.43. The number of halogens is 1. The van der Waals surface area contributed by atoms with Gasteiger partial charge in [-0.05, 0) is 69.0 Å². The lowest BCUT2D eigenvalue weighted by atomic mass is 10.1. The van der Waals surface area contributed by atoms with Crippen molar-refractivity contribution in [3.63, 3.8) is 0 Å². The Morgan fingerprint density at radius 2 is 1.82 bits per heavy atom. The number of nitrogens with zero attached hydrogens (tertiary/aromatic N) is 1. The van der Waals surface area contributed by atoms with Crippen LogP contribution in [0, 0.1) is 6.92 Å². The number of phenolic OH excluding ortho intramolecular Hbond substituents is 1. The van der Waals surface area contributed by atoms with Gasteiger partial charge in [0.05, 0.1) is 23.4 Å². The average molecular weight is 519 g/mol. The molecule has 0 radical (unpaired) electrons. The Morgan fingerprint density at radius 3 is 2.56 bits per heavy atom. The summed E-state index contributed by atoms with van der Waals surface area (Å²) < 4.78 is 12.2. The first kappa shape index (κ1) is 23.3. The summed E-state index contributed by atoms with van der Waals surface area (Å²) in [5.41, 5.74) is 5.52. The van der Waals surface area contributed by atoms with Gasteiger partial charge in [0, 0.05) is 0 Å². The van der Waals surface area contributed by atoms with Crippen LogP contribution in [-0.4, -0.2) is 24.3 Å². The fraction of sp³-hybridized carbons (Fsp3) is 0.111. The smallest absolute Gasteiger partial charge is 0.275 e. The second kappa shape index (κ2) is 10.4. The third kappa shape index (κ3) is 5.38. The van der Waals surface area contributed by atoms with Crippen molar-refractivity contribution in [1.82, 2.24) is 5.43 Å². The average Bonchev–Trinajstić information content (AvgIpc) is 2.82. The topological polar surface area (TPSA) is 80.2 Å². The number of hydrogen-bond donors (Lipinski definition) is 2. The number of amides is 1. The van der Waals surface area contributed by atoms with Gasteiger partial charge in [0.2, 0.25) is 0 Å². The molecule has 0 spiro atoms. The van der Waals surface area contributed by atoms with Gasteiger partial charge in [-0.15, -0.1) is 0 Å². The fourth-order valence-corrected chi connectivity index (χ4v) is 4.12. The second-order valence-corrected chi connectivity index (χ2v) is 8.58. The number of carbonyl (C=O) groups excluding carboxylic acids is 1. The minimum absolute atomic E-state index is 0.106. The summed E-state index contributed by atoms with van der Waals surface area (Å²) in [4.78, 5) is 12.5. The van der Waals surface area contributed by atoms with Crippen LogP contribution in [0.2, 0.25) is 0 Å². The first-order valence-electron chi connectivity index (χ1n) is 10.6. The van der Waals surface area contributed by atoms with Crippen LogP contribution < -0.4 is 14.9 Å². The molecule has 0 aliphatic heterocycles. The van der Waals surface area contributed by atoms with Gasteiger partial charge in [-0.3, -0.25) is 4.79 Å². The van der Waals surface area contributed by atoms with Gasteiger partial charge >= 0.3 is 0 Å². The van der Waals surface area contributed by atoms with Gasteiger partial charge in [0.15, 0.2) is 11.5 Å². The molecule has 0 fully saturated rings. The predicted molar refractivity (Wildman–Crippen MR) is 137 cm³/mol. The minimum atomic E-state index is -0.511. The minimum Gasteiger partial charge on any atom is -0.507 e. The van der Waals surface area contributed by atoms with Gasteiger partial charge in [-0.2, -0.15) is 5.10 Å². The van der Waals surface area contributed by atoms with Crippen LogP contribution in [0.25, 0.3) is 10.8 Å². The summed E-state index contributed by atoms with van der Waals surface area (Å²) in [5.74, 6) is 0.489. The van der Waals surface area contributed by atoms with E-state index in [0.717, 1.165) is 21.9 Å². The normalized spacial score (nSPS) is 11.0. The monoisotopic (exact) mass is 518 g/mol. The van der Waals surface area contributed by atoms with E-state index in [2.05, 4.69) is 32.5 Å². The number of rotatable bonds is 7. The van der Waals surface area contributed by atoms with Gasteiger partial charge < -0.3 is 14.6 Å². The zero-order chi connectivity index (χ0) is 24.1. The summed E-state index contributed by atoms with van der Waals surface area (Å²) >= 11 is 3.53. The van der Waals surface area contributed by atoms with E-state index in [-0.39, 0.29) is 11.3 Å². The molecule has 4 rings (SSSR count). The van der Waals surface area contributed by atoms with Crippen molar-refractivity contribution in [2.24, 2.45) is 5.10 Å². The third-order valence-electron chi connectivity index (χ3n) is 5.21. The Morgan fingerprint density at radius 1 is 1.06 bits per heavy atom. The van der Waals surface area contributed by atoms with E-state index in [4.69, 9.17) is 9.47 Å². The van der Waals surface area contributed by atoms with E-state index in [0.29, 0.717) is 28.1 Å². The van der Waals surface area contributed by atoms with Crippen molar-refractivity contribution >= 4 is 38.8 Å². The number of ether oxygens (including phenoxy) is 2. The zero-order valence-corrected chi connectivity index (χ0v) is 20.3. The first-order chi connectivity index (χ1) is 16.4. The van der Waals surface area contributed by atoms with Crippen LogP contribution in [0.5, 0.6) is 17.2 Å². The van der Waals surface area contributed by atoms with E-state index >= 15 is 0 Å². The molecule has 2 N–H and O–H groups in total. The van der Waals surface area contributed by atoms with Crippen LogP contribution in [0.4, 0.5) is 0 Å². The Bertz CT molecular complexity index is 1380. The second-order valence-electron chi connectivity index (χ2n) is 7.73. The summed E-state index contributed by atoms with van der Waals surface area (Å²) in [5, 5.41) is 16.0. The molecular weight excluding hydrogens is 496 g/mol. The molecule has 0 saturated heterocycles. The summed E-state index contributed by atoms with van der Waals surface area (Å²) in [6.07, 6.45) is 1.49. The molecule has 0 atom stereocenters. The van der Waals surface area contributed by atoms with Gasteiger partial charge in [0.25, 0.3) is 5.91 Å². The molecule has 0 aliphatic carbocycles. The summed E-state index contributed by atoms with van der Waals surface area (Å²) in [7, 11) is 1.56. The number of hydrogen-bond acceptors (Lipinski definition) is 5. The Kier molecular flexibility index (Phi) is 7.13. The lowest BCUT2D eigenvalue weighted by Gasteiger charge is -2.14. The quantitative estimate of drug-likeness (QED) is 0.233. The number of nitrogens with one attached hydrogen (secondary N) is 1. The first-order valence-corrected chi connectivity index (χ1v) is 11.3. The molecular formula is C27H23BrN2O4. The van der Waals surface area contributed by atoms with Gasteiger partial charge in [-0.25, -0.2) is 5.43 Å². The number of fused-ring (bicyclic) bond motifs is 1. The maximum atomic E-state index is 12.5. The lowest BCUT2D eigenvalue weighted by Crippen LogP contribution is -2.17. The van der Waals surface area contributed by atoms with Crippen LogP contribution in [0.1, 0.15) is 27.0 Å². The largest absolute Gasteiger partial charge is 0.507 e. The molecule has 0 heterocycles. The van der Waals surface area contributed by atoms with Crippen molar-refractivity contribution in [2.45, 2.75) is 13.5 Å². The van der Waals surface area contributed by atoms with Crippen molar-refractivity contribution < 1.29 is 19.4 Å². The van der Waals surface area contributed by atoms with E-state index in [1.807, 2.05) is 55.5 Å². The third-order valence-corrected chi connectivity index (χ3v) is 5.79. The maximum Gasteiger partial charge on any atom is 0.275 e. The molecule has 4 aromatic carbocycles. The molecule has 4 aromatic rings. The van der Waals surface area contributed by atoms with E-state index < -0.39 is 5.91 Å². The van der Waals surface area contributed by atoms with E-state index in [9.17, 15) is 9.90 Å². The molecule has 7 heteroatoms. The van der Waals surface area contributed by atoms with Gasteiger partial charge in [0.1, 0.15) is 12.4 Å². The number of phenols is 1. The number of hydrazone groups is 1. The fourth-order valence-electron chi connectivity index (χ4n) is 3.55. The van der Waals surface area contributed by atoms with Crippen molar-refractivity contribution in [1.29, 1.82) is 0 Å². The van der Waals surface area contributed by atoms with Crippen molar-refractivity contribution in [3.05, 3.63) is 99.5 Å². The molecule has 0 aromatic heterocycles. The molecule has 34 heavy (non-hydrogen) atoms. The van der Waals surface area contributed by atoms with Crippen LogP contribution >= 0.6 is 15.9 Å². The van der Waals surface area contributed by atoms with Crippen molar-refractivity contribution in [2.75, 3.05) is 7.11 Å². The highest BCUT2D eigenvalue weighted by Gasteiger charge is 2.13. The maximum absolute atomic E-state index is 12.5. The molecule has 0 aliphatic rings. The van der Waals surface area contributed by atoms with E-state index in [1.165, 1.54) is 6.21 Å². The highest BCUT2D eigenvalue weighted by molar-refractivity contribution is 9.10. The Hall–Kier alpha value is -3.84. The highest BCUT2D eigenvalue weighted by Crippen LogP contribution is 2.37. The Balaban J connectivity index is 1.47. The standard InChI is InChI=1S/C27H23BrN2O4/c1-17-6-5-7-18(10-17)16-34-26-23(28)11-19(12-25(26)33-2)15-29-30-27(32)22-13-20-8-3-4-9-21(20)14-24(22)31/h3-15,31H,16H2,1-2H3,(H,30,32). The van der Waals surface area contributed by atoms with Crippen molar-refractivity contribution in [3.8, 4) is 17.2 Å². The number of methoxy groups -OCH3 is 1. The van der Waals surface area contributed by atoms with Crippen LogP contribution in [-0.2, 0) is 6.61 Å². The number of carbonyl (C=O) groups is 1. The molecule has 1 amide bonds. The van der Waals surface area contributed by atoms with Crippen LogP contribution in [0.3, 0.4) is 0 Å². The number of aryl methyl sites for hydroxylation is 1. The predicted octanol–water partition coefficient (Wildman–Crippen LogP) is 5.97. The molecule has 0 unspecified atom stereocenters. The summed E-state index contributed by atoms with van der Waals surface area (Å²) in [6, 6.07) is 22.4. The Labute approximate surface area is 206 Å². The SMILES string of the molecule is COc1cc(C=NNC(=O)c2cc3ccccc3cc2O)cc(Br)c1OCc1cccc(C)c1. The number of benzene rings is 4. The number of aromatic hydroxyl groups is 1. The van der Waals surface area contributed by atoms with Crippen LogP contribution in [0.15, 0.2) is 82.4 Å². The van der Waals surface area contributed by atoms with E-state index in [1.54, 1.807) is 25.3 Å². The highest BCUT2D eigenvalue weighted by atomic mass is 79.9. The molecule has 0 bridgehead atoms.